The molecule has 2 fully saturated rings. The molecule has 0 spiro atoms. The van der Waals surface area contributed by atoms with Crippen LogP contribution in [0.25, 0.3) is 10.9 Å². The van der Waals surface area contributed by atoms with Crippen molar-refractivity contribution in [3.05, 3.63) is 36.5 Å². The smallest absolute Gasteiger partial charge is 0.245 e. The molecular formula is C19H27ClN4O3S. The highest BCUT2D eigenvalue weighted by Crippen LogP contribution is 2.26. The third-order valence-electron chi connectivity index (χ3n) is 5.36. The Morgan fingerprint density at radius 2 is 2.00 bits per heavy atom. The van der Waals surface area contributed by atoms with Crippen molar-refractivity contribution in [3.8, 4) is 0 Å². The number of fused-ring (bicyclic) bond motifs is 1. The van der Waals surface area contributed by atoms with Crippen LogP contribution in [-0.4, -0.2) is 81.1 Å². The summed E-state index contributed by atoms with van der Waals surface area (Å²) in [5.41, 5.74) is 0.544. The molecule has 1 atom stereocenters. The van der Waals surface area contributed by atoms with E-state index < -0.39 is 10.0 Å². The van der Waals surface area contributed by atoms with Crippen molar-refractivity contribution in [2.45, 2.75) is 17.4 Å². The Hall–Kier alpha value is -1.29. The van der Waals surface area contributed by atoms with Crippen LogP contribution in [0.4, 0.5) is 0 Å². The molecule has 1 N–H and O–H groups in total. The highest BCUT2D eigenvalue weighted by molar-refractivity contribution is 7.89. The number of pyridine rings is 1. The minimum atomic E-state index is -3.64. The molecule has 7 nitrogen and oxygen atoms in total. The number of benzene rings is 1. The maximum absolute atomic E-state index is 13.6. The van der Waals surface area contributed by atoms with Crippen LogP contribution in [0.3, 0.4) is 0 Å². The SMILES string of the molecule is Cl.O=S(=O)(c1cccc2cccnc12)N(CCN1CCOCC1)C1CCNC1. The third-order valence-corrected chi connectivity index (χ3v) is 7.35. The van der Waals surface area contributed by atoms with E-state index in [9.17, 15) is 8.42 Å². The number of sulfonamides is 1. The topological polar surface area (TPSA) is 74.8 Å². The number of para-hydroxylation sites is 1. The first-order valence-electron chi connectivity index (χ1n) is 9.53. The van der Waals surface area contributed by atoms with Crippen LogP contribution in [0, 0.1) is 0 Å². The fraction of sp³-hybridized carbons (Fsp3) is 0.526. The second kappa shape index (κ2) is 9.47. The van der Waals surface area contributed by atoms with E-state index >= 15 is 0 Å². The van der Waals surface area contributed by atoms with Gasteiger partial charge in [-0.15, -0.1) is 12.4 Å². The zero-order valence-electron chi connectivity index (χ0n) is 15.8. The summed E-state index contributed by atoms with van der Waals surface area (Å²) >= 11 is 0. The molecule has 0 saturated carbocycles. The van der Waals surface area contributed by atoms with E-state index in [0.29, 0.717) is 36.7 Å². The average Bonchev–Trinajstić information content (AvgIpc) is 3.22. The summed E-state index contributed by atoms with van der Waals surface area (Å²) in [6.07, 6.45) is 2.48. The molecule has 9 heteroatoms. The van der Waals surface area contributed by atoms with Gasteiger partial charge < -0.3 is 10.1 Å². The van der Waals surface area contributed by atoms with Crippen LogP contribution in [0.2, 0.25) is 0 Å². The molecular weight excluding hydrogens is 400 g/mol. The lowest BCUT2D eigenvalue weighted by molar-refractivity contribution is 0.0355. The molecule has 0 amide bonds. The maximum atomic E-state index is 13.6. The summed E-state index contributed by atoms with van der Waals surface area (Å²) < 4.78 is 34.3. The van der Waals surface area contributed by atoms with Gasteiger partial charge in [-0.05, 0) is 25.1 Å². The van der Waals surface area contributed by atoms with E-state index in [1.165, 1.54) is 0 Å². The van der Waals surface area contributed by atoms with Crippen molar-refractivity contribution in [2.24, 2.45) is 0 Å². The van der Waals surface area contributed by atoms with E-state index in [2.05, 4.69) is 15.2 Å². The van der Waals surface area contributed by atoms with Crippen molar-refractivity contribution >= 4 is 33.3 Å². The molecule has 1 unspecified atom stereocenters. The van der Waals surface area contributed by atoms with Crippen LogP contribution < -0.4 is 5.32 Å². The molecule has 1 aromatic carbocycles. The van der Waals surface area contributed by atoms with Crippen molar-refractivity contribution < 1.29 is 13.2 Å². The van der Waals surface area contributed by atoms with E-state index in [0.717, 1.165) is 38.0 Å². The normalized spacial score (nSPS) is 21.1. The number of nitrogens with one attached hydrogen (secondary N) is 1. The number of hydrogen-bond donors (Lipinski definition) is 1. The molecule has 0 radical (unpaired) electrons. The molecule has 0 bridgehead atoms. The Bertz CT molecular complexity index is 878. The first-order chi connectivity index (χ1) is 13.2. The molecule has 2 aliphatic rings. The van der Waals surface area contributed by atoms with Gasteiger partial charge in [0.1, 0.15) is 4.90 Å². The number of aromatic nitrogens is 1. The van der Waals surface area contributed by atoms with Gasteiger partial charge in [0.25, 0.3) is 0 Å². The lowest BCUT2D eigenvalue weighted by Gasteiger charge is -2.32. The van der Waals surface area contributed by atoms with Crippen molar-refractivity contribution in [2.75, 3.05) is 52.5 Å². The summed E-state index contributed by atoms with van der Waals surface area (Å²) in [6, 6.07) is 9.08. The Kier molecular flexibility index (Phi) is 7.25. The molecule has 4 rings (SSSR count). The summed E-state index contributed by atoms with van der Waals surface area (Å²) in [5, 5.41) is 4.14. The number of rotatable bonds is 6. The minimum Gasteiger partial charge on any atom is -0.379 e. The lowest BCUT2D eigenvalue weighted by Crippen LogP contribution is -2.47. The number of nitrogens with zero attached hydrogens (tertiary/aromatic N) is 3. The molecule has 28 heavy (non-hydrogen) atoms. The highest BCUT2D eigenvalue weighted by Gasteiger charge is 2.34. The van der Waals surface area contributed by atoms with Crippen LogP contribution in [0.5, 0.6) is 0 Å². The van der Waals surface area contributed by atoms with Gasteiger partial charge >= 0.3 is 0 Å². The number of halogens is 1. The Labute approximate surface area is 172 Å². The van der Waals surface area contributed by atoms with E-state index in [4.69, 9.17) is 4.74 Å². The molecule has 1 aromatic heterocycles. The fourth-order valence-corrected chi connectivity index (χ4v) is 5.67. The van der Waals surface area contributed by atoms with Gasteiger partial charge in [-0.1, -0.05) is 18.2 Å². The molecule has 3 heterocycles. The van der Waals surface area contributed by atoms with E-state index in [1.54, 1.807) is 22.6 Å². The standard InChI is InChI=1S/C19H26N4O3S.ClH/c24-27(25,18-5-1-3-16-4-2-7-21-19(16)18)23(17-6-8-20-15-17)10-9-22-11-13-26-14-12-22;/h1-5,7,17,20H,6,8-15H2;1H. The van der Waals surface area contributed by atoms with Crippen LogP contribution in [-0.2, 0) is 14.8 Å². The second-order valence-corrected chi connectivity index (χ2v) is 8.91. The molecule has 0 aliphatic carbocycles. The fourth-order valence-electron chi connectivity index (χ4n) is 3.86. The second-order valence-electron chi connectivity index (χ2n) is 7.05. The van der Waals surface area contributed by atoms with Gasteiger partial charge in [0.2, 0.25) is 10.0 Å². The number of ether oxygens (including phenoxy) is 1. The first kappa shape index (κ1) is 21.4. The van der Waals surface area contributed by atoms with Gasteiger partial charge in [0, 0.05) is 50.3 Å². The van der Waals surface area contributed by atoms with Gasteiger partial charge in [0.05, 0.1) is 18.7 Å². The quantitative estimate of drug-likeness (QED) is 0.751. The van der Waals surface area contributed by atoms with Gasteiger partial charge in [-0.25, -0.2) is 8.42 Å². The van der Waals surface area contributed by atoms with Crippen LogP contribution in [0.15, 0.2) is 41.4 Å². The van der Waals surface area contributed by atoms with E-state index in [1.807, 2.05) is 18.2 Å². The minimum absolute atomic E-state index is 0. The highest BCUT2D eigenvalue weighted by atomic mass is 35.5. The largest absolute Gasteiger partial charge is 0.379 e. The Balaban J connectivity index is 0.00000225. The zero-order chi connectivity index (χ0) is 18.7. The predicted octanol–water partition coefficient (Wildman–Crippen LogP) is 1.34. The number of hydrogen-bond acceptors (Lipinski definition) is 6. The summed E-state index contributed by atoms with van der Waals surface area (Å²) in [4.78, 5) is 6.93. The maximum Gasteiger partial charge on any atom is 0.245 e. The molecule has 2 aliphatic heterocycles. The average molecular weight is 427 g/mol. The Morgan fingerprint density at radius 1 is 1.21 bits per heavy atom. The molecule has 154 valence electrons. The van der Waals surface area contributed by atoms with Gasteiger partial charge in [0.15, 0.2) is 0 Å². The summed E-state index contributed by atoms with van der Waals surface area (Å²) in [7, 11) is -3.64. The van der Waals surface area contributed by atoms with E-state index in [-0.39, 0.29) is 18.4 Å². The van der Waals surface area contributed by atoms with Crippen molar-refractivity contribution in [1.82, 2.24) is 19.5 Å². The molecule has 2 aromatic rings. The summed E-state index contributed by atoms with van der Waals surface area (Å²) in [6.45, 7) is 5.88. The van der Waals surface area contributed by atoms with Crippen molar-refractivity contribution in [1.29, 1.82) is 0 Å². The zero-order valence-corrected chi connectivity index (χ0v) is 17.4. The molecule has 2 saturated heterocycles. The van der Waals surface area contributed by atoms with Gasteiger partial charge in [-0.2, -0.15) is 4.31 Å². The monoisotopic (exact) mass is 426 g/mol. The summed E-state index contributed by atoms with van der Waals surface area (Å²) in [5.74, 6) is 0. The Morgan fingerprint density at radius 3 is 2.75 bits per heavy atom. The predicted molar refractivity (Wildman–Crippen MR) is 111 cm³/mol. The lowest BCUT2D eigenvalue weighted by atomic mass is 10.2. The van der Waals surface area contributed by atoms with Gasteiger partial charge in [-0.3, -0.25) is 9.88 Å². The number of morpholine rings is 1. The van der Waals surface area contributed by atoms with Crippen LogP contribution in [0.1, 0.15) is 6.42 Å². The third kappa shape index (κ3) is 4.48. The van der Waals surface area contributed by atoms with Crippen LogP contribution >= 0.6 is 12.4 Å². The first-order valence-corrected chi connectivity index (χ1v) is 11.0. The van der Waals surface area contributed by atoms with Crippen molar-refractivity contribution in [3.63, 3.8) is 0 Å².